The molecule has 140 valence electrons. The first-order chi connectivity index (χ1) is 12.8. The summed E-state index contributed by atoms with van der Waals surface area (Å²) in [6.45, 7) is 2.71. The van der Waals surface area contributed by atoms with E-state index in [2.05, 4.69) is 15.3 Å². The standard InChI is InChI=1S/C16H14N4O5S2/c1-6-10-13(23)18-7(2)19-15(10)27-11(6)16(24)25-5-9(21)20-14-8(12(17)22)3-4-26-14/h3-4H,5H2,1-2H3,(H2,17,22)(H,20,21)(H,18,19,23). The third-order valence-corrected chi connectivity index (χ3v) is 5.62. The number of H-pyrrole nitrogens is 1. The van der Waals surface area contributed by atoms with Crippen molar-refractivity contribution in [1.29, 1.82) is 0 Å². The summed E-state index contributed by atoms with van der Waals surface area (Å²) in [6.07, 6.45) is 0. The molecule has 3 aromatic rings. The van der Waals surface area contributed by atoms with Crippen molar-refractivity contribution in [1.82, 2.24) is 9.97 Å². The molecule has 0 unspecified atom stereocenters. The number of amides is 2. The zero-order chi connectivity index (χ0) is 19.7. The Morgan fingerprint density at radius 1 is 1.33 bits per heavy atom. The zero-order valence-electron chi connectivity index (χ0n) is 14.2. The van der Waals surface area contributed by atoms with Crippen LogP contribution >= 0.6 is 22.7 Å². The third kappa shape index (κ3) is 3.73. The average Bonchev–Trinajstić information content (AvgIpc) is 3.17. The number of aromatic amines is 1. The van der Waals surface area contributed by atoms with E-state index in [9.17, 15) is 19.2 Å². The second kappa shape index (κ2) is 7.29. The molecule has 4 N–H and O–H groups in total. The predicted molar refractivity (Wildman–Crippen MR) is 101 cm³/mol. The average molecular weight is 406 g/mol. The van der Waals surface area contributed by atoms with E-state index in [4.69, 9.17) is 10.5 Å². The summed E-state index contributed by atoms with van der Waals surface area (Å²) < 4.78 is 5.03. The minimum atomic E-state index is -0.732. The molecule has 0 saturated carbocycles. The summed E-state index contributed by atoms with van der Waals surface area (Å²) >= 11 is 2.15. The Balaban J connectivity index is 1.72. The molecule has 3 aromatic heterocycles. The number of nitrogens with two attached hydrogens (primary N) is 1. The normalized spacial score (nSPS) is 10.7. The quantitative estimate of drug-likeness (QED) is 0.548. The van der Waals surface area contributed by atoms with E-state index in [1.807, 2.05) is 0 Å². The van der Waals surface area contributed by atoms with Gasteiger partial charge in [-0.15, -0.1) is 22.7 Å². The molecule has 0 bridgehead atoms. The lowest BCUT2D eigenvalue weighted by molar-refractivity contribution is -0.119. The molecule has 0 saturated heterocycles. The van der Waals surface area contributed by atoms with E-state index in [0.717, 1.165) is 22.7 Å². The molecule has 0 aliphatic rings. The smallest absolute Gasteiger partial charge is 0.349 e. The minimum absolute atomic E-state index is 0.181. The van der Waals surface area contributed by atoms with Gasteiger partial charge in [0.1, 0.15) is 20.5 Å². The summed E-state index contributed by atoms with van der Waals surface area (Å²) in [7, 11) is 0. The SMILES string of the molecule is Cc1nc2sc(C(=O)OCC(=O)Nc3sccc3C(N)=O)c(C)c2c(=O)[nH]1. The number of nitrogens with zero attached hydrogens (tertiary/aromatic N) is 1. The summed E-state index contributed by atoms with van der Waals surface area (Å²) in [5, 5.41) is 4.69. The number of aryl methyl sites for hydroxylation is 2. The van der Waals surface area contributed by atoms with Crippen LogP contribution in [0.4, 0.5) is 5.00 Å². The highest BCUT2D eigenvalue weighted by Crippen LogP contribution is 2.27. The van der Waals surface area contributed by atoms with Crippen LogP contribution in [-0.2, 0) is 9.53 Å². The summed E-state index contributed by atoms with van der Waals surface area (Å²) in [6, 6.07) is 1.49. The fraction of sp³-hybridized carbons (Fsp3) is 0.188. The molecular weight excluding hydrogens is 392 g/mol. The maximum Gasteiger partial charge on any atom is 0.349 e. The molecule has 0 aliphatic heterocycles. The highest BCUT2D eigenvalue weighted by Gasteiger charge is 2.21. The zero-order valence-corrected chi connectivity index (χ0v) is 15.9. The highest BCUT2D eigenvalue weighted by molar-refractivity contribution is 7.20. The van der Waals surface area contributed by atoms with Gasteiger partial charge in [0.25, 0.3) is 17.4 Å². The van der Waals surface area contributed by atoms with Gasteiger partial charge >= 0.3 is 5.97 Å². The third-order valence-electron chi connectivity index (χ3n) is 3.62. The Labute approximate surface area is 160 Å². The molecule has 9 nitrogen and oxygen atoms in total. The van der Waals surface area contributed by atoms with Crippen LogP contribution in [0, 0.1) is 13.8 Å². The van der Waals surface area contributed by atoms with Gasteiger partial charge in [-0.3, -0.25) is 14.4 Å². The number of primary amides is 1. The Morgan fingerprint density at radius 2 is 2.07 bits per heavy atom. The lowest BCUT2D eigenvalue weighted by Crippen LogP contribution is -2.22. The molecule has 27 heavy (non-hydrogen) atoms. The van der Waals surface area contributed by atoms with Gasteiger partial charge in [0.15, 0.2) is 6.61 Å². The molecule has 0 aliphatic carbocycles. The highest BCUT2D eigenvalue weighted by atomic mass is 32.1. The Morgan fingerprint density at radius 3 is 2.78 bits per heavy atom. The van der Waals surface area contributed by atoms with Crippen LogP contribution in [0.5, 0.6) is 0 Å². The van der Waals surface area contributed by atoms with Crippen molar-refractivity contribution in [3.05, 3.63) is 43.6 Å². The molecule has 11 heteroatoms. The van der Waals surface area contributed by atoms with E-state index in [1.54, 1.807) is 19.2 Å². The maximum absolute atomic E-state index is 12.3. The number of anilines is 1. The van der Waals surface area contributed by atoms with Crippen LogP contribution in [0.15, 0.2) is 16.2 Å². The van der Waals surface area contributed by atoms with Crippen LogP contribution < -0.4 is 16.6 Å². The number of esters is 1. The Kier molecular flexibility index (Phi) is 5.06. The van der Waals surface area contributed by atoms with E-state index in [0.29, 0.717) is 21.6 Å². The first kappa shape index (κ1) is 18.7. The van der Waals surface area contributed by atoms with Gasteiger partial charge in [0.05, 0.1) is 10.9 Å². The molecule has 0 atom stereocenters. The second-order valence-electron chi connectivity index (χ2n) is 5.54. The molecule has 0 fully saturated rings. The van der Waals surface area contributed by atoms with Crippen molar-refractivity contribution in [2.24, 2.45) is 5.73 Å². The van der Waals surface area contributed by atoms with Gasteiger partial charge < -0.3 is 20.8 Å². The topological polar surface area (TPSA) is 144 Å². The van der Waals surface area contributed by atoms with Gasteiger partial charge in [-0.1, -0.05) is 0 Å². The lowest BCUT2D eigenvalue weighted by atomic mass is 10.2. The number of ether oxygens (including phenoxy) is 1. The fourth-order valence-corrected chi connectivity index (χ4v) is 4.34. The monoisotopic (exact) mass is 406 g/mol. The van der Waals surface area contributed by atoms with Crippen LogP contribution in [0.3, 0.4) is 0 Å². The number of fused-ring (bicyclic) bond motifs is 1. The number of carbonyl (C=O) groups excluding carboxylic acids is 3. The van der Waals surface area contributed by atoms with E-state index in [-0.39, 0.29) is 21.0 Å². The summed E-state index contributed by atoms with van der Waals surface area (Å²) in [5.74, 6) is -1.57. The van der Waals surface area contributed by atoms with Gasteiger partial charge in [0, 0.05) is 0 Å². The first-order valence-corrected chi connectivity index (χ1v) is 9.31. The summed E-state index contributed by atoms with van der Waals surface area (Å²) in [5.41, 5.74) is 5.50. The van der Waals surface area contributed by atoms with Crippen LogP contribution in [0.2, 0.25) is 0 Å². The molecular formula is C16H14N4O5S2. The van der Waals surface area contributed by atoms with Gasteiger partial charge in [-0.25, -0.2) is 9.78 Å². The molecule has 0 radical (unpaired) electrons. The number of carbonyl (C=O) groups is 3. The largest absolute Gasteiger partial charge is 0.451 e. The van der Waals surface area contributed by atoms with Crippen molar-refractivity contribution in [3.63, 3.8) is 0 Å². The van der Waals surface area contributed by atoms with E-state index >= 15 is 0 Å². The van der Waals surface area contributed by atoms with Crippen molar-refractivity contribution in [3.8, 4) is 0 Å². The van der Waals surface area contributed by atoms with E-state index < -0.39 is 24.4 Å². The fourth-order valence-electron chi connectivity index (χ4n) is 2.41. The molecule has 3 heterocycles. The van der Waals surface area contributed by atoms with Crippen LogP contribution in [-0.4, -0.2) is 34.4 Å². The van der Waals surface area contributed by atoms with Crippen molar-refractivity contribution >= 4 is 55.7 Å². The number of nitrogens with one attached hydrogen (secondary N) is 2. The number of hydrogen-bond donors (Lipinski definition) is 3. The first-order valence-electron chi connectivity index (χ1n) is 7.62. The van der Waals surface area contributed by atoms with E-state index in [1.165, 1.54) is 6.07 Å². The van der Waals surface area contributed by atoms with Crippen molar-refractivity contribution in [2.45, 2.75) is 13.8 Å². The molecule has 3 rings (SSSR count). The predicted octanol–water partition coefficient (Wildman–Crippen LogP) is 1.56. The van der Waals surface area contributed by atoms with Gasteiger partial charge in [-0.05, 0) is 30.9 Å². The number of hydrogen-bond acceptors (Lipinski definition) is 8. The molecule has 2 amide bonds. The molecule has 0 spiro atoms. The number of aromatic nitrogens is 2. The van der Waals surface area contributed by atoms with Gasteiger partial charge in [0.2, 0.25) is 0 Å². The maximum atomic E-state index is 12.3. The second-order valence-corrected chi connectivity index (χ2v) is 7.45. The van der Waals surface area contributed by atoms with Gasteiger partial charge in [-0.2, -0.15) is 0 Å². The Hall–Kier alpha value is -3.05. The van der Waals surface area contributed by atoms with Crippen LogP contribution in [0.25, 0.3) is 10.2 Å². The lowest BCUT2D eigenvalue weighted by Gasteiger charge is -2.06. The summed E-state index contributed by atoms with van der Waals surface area (Å²) in [4.78, 5) is 55.0. The minimum Gasteiger partial charge on any atom is -0.451 e. The Bertz CT molecular complexity index is 1130. The van der Waals surface area contributed by atoms with Crippen molar-refractivity contribution < 1.29 is 19.1 Å². The molecule has 0 aromatic carbocycles. The number of rotatable bonds is 5. The van der Waals surface area contributed by atoms with Crippen LogP contribution in [0.1, 0.15) is 31.4 Å². The number of thiophene rings is 2. The van der Waals surface area contributed by atoms with Crippen molar-refractivity contribution in [2.75, 3.05) is 11.9 Å².